The summed E-state index contributed by atoms with van der Waals surface area (Å²) >= 11 is 0. The van der Waals surface area contributed by atoms with Crippen LogP contribution in [0, 0.1) is 6.92 Å². The highest BCUT2D eigenvalue weighted by molar-refractivity contribution is 5.92. The number of rotatable bonds is 2. The summed E-state index contributed by atoms with van der Waals surface area (Å²) in [5.41, 5.74) is 3.05. The Balaban J connectivity index is 2.80. The lowest BCUT2D eigenvalue weighted by Gasteiger charge is -2.07. The van der Waals surface area contributed by atoms with Gasteiger partial charge in [0.25, 0.3) is 0 Å². The van der Waals surface area contributed by atoms with Crippen LogP contribution in [0.15, 0.2) is 24.3 Å². The van der Waals surface area contributed by atoms with Crippen molar-refractivity contribution in [2.75, 3.05) is 0 Å². The first kappa shape index (κ1) is 10.6. The van der Waals surface area contributed by atoms with Gasteiger partial charge in [-0.3, -0.25) is 0 Å². The number of benzene rings is 1. The molecule has 1 N–H and O–H groups in total. The van der Waals surface area contributed by atoms with E-state index in [-0.39, 0.29) is 5.69 Å². The fraction of sp³-hybridized carbons (Fsp3) is 0.231. The smallest absolute Gasteiger partial charge is 0.354 e. The first-order valence-corrected chi connectivity index (χ1v) is 5.26. The molecule has 0 saturated carbocycles. The molecule has 3 heteroatoms. The van der Waals surface area contributed by atoms with E-state index in [0.717, 1.165) is 22.9 Å². The maximum atomic E-state index is 10.9. The van der Waals surface area contributed by atoms with Crippen LogP contribution in [-0.4, -0.2) is 16.1 Å². The Morgan fingerprint density at radius 2 is 2.19 bits per heavy atom. The number of carboxylic acids is 1. The molecule has 0 aliphatic heterocycles. The van der Waals surface area contributed by atoms with Crippen molar-refractivity contribution >= 4 is 16.9 Å². The number of pyridine rings is 1. The number of fused-ring (bicyclic) bond motifs is 1. The van der Waals surface area contributed by atoms with Gasteiger partial charge in [-0.25, -0.2) is 9.78 Å². The first-order valence-electron chi connectivity index (χ1n) is 5.26. The van der Waals surface area contributed by atoms with E-state index in [1.165, 1.54) is 5.56 Å². The Hall–Kier alpha value is -1.90. The lowest BCUT2D eigenvalue weighted by molar-refractivity contribution is 0.0691. The monoisotopic (exact) mass is 215 g/mol. The van der Waals surface area contributed by atoms with Gasteiger partial charge in [-0.2, -0.15) is 0 Å². The maximum Gasteiger partial charge on any atom is 0.354 e. The second kappa shape index (κ2) is 3.93. The third-order valence-electron chi connectivity index (χ3n) is 2.72. The number of hydrogen-bond donors (Lipinski definition) is 1. The van der Waals surface area contributed by atoms with Gasteiger partial charge < -0.3 is 5.11 Å². The Morgan fingerprint density at radius 3 is 2.81 bits per heavy atom. The fourth-order valence-electron chi connectivity index (χ4n) is 1.98. The molecular formula is C13H13NO2. The Kier molecular flexibility index (Phi) is 2.60. The average molecular weight is 215 g/mol. The summed E-state index contributed by atoms with van der Waals surface area (Å²) in [6.07, 6.45) is 0.923. The molecule has 2 rings (SSSR count). The molecule has 0 aliphatic carbocycles. The molecule has 0 radical (unpaired) electrons. The number of aryl methyl sites for hydroxylation is 2. The van der Waals surface area contributed by atoms with Crippen molar-refractivity contribution in [1.82, 2.24) is 4.98 Å². The van der Waals surface area contributed by atoms with E-state index < -0.39 is 5.97 Å². The molecule has 0 aliphatic rings. The van der Waals surface area contributed by atoms with Crippen LogP contribution in [-0.2, 0) is 6.42 Å². The van der Waals surface area contributed by atoms with Gasteiger partial charge in [-0.05, 0) is 36.6 Å². The van der Waals surface area contributed by atoms with Crippen molar-refractivity contribution in [3.8, 4) is 0 Å². The third kappa shape index (κ3) is 1.65. The second-order valence-electron chi connectivity index (χ2n) is 3.79. The van der Waals surface area contributed by atoms with Crippen molar-refractivity contribution in [3.05, 3.63) is 41.1 Å². The molecule has 1 aromatic heterocycles. The minimum atomic E-state index is -0.980. The topological polar surface area (TPSA) is 50.2 Å². The zero-order valence-electron chi connectivity index (χ0n) is 9.32. The van der Waals surface area contributed by atoms with Gasteiger partial charge in [0.05, 0.1) is 5.52 Å². The minimum Gasteiger partial charge on any atom is -0.477 e. The van der Waals surface area contributed by atoms with Crippen LogP contribution in [0.1, 0.15) is 28.5 Å². The van der Waals surface area contributed by atoms with E-state index in [1.54, 1.807) is 6.07 Å². The third-order valence-corrected chi connectivity index (χ3v) is 2.72. The molecule has 1 aromatic carbocycles. The molecule has 0 spiro atoms. The van der Waals surface area contributed by atoms with Gasteiger partial charge in [-0.1, -0.05) is 19.1 Å². The SMILES string of the molecule is CCc1cccc2nc(C(=O)O)cc(C)c12. The van der Waals surface area contributed by atoms with Crippen LogP contribution in [0.2, 0.25) is 0 Å². The highest BCUT2D eigenvalue weighted by Gasteiger charge is 2.10. The second-order valence-corrected chi connectivity index (χ2v) is 3.79. The van der Waals surface area contributed by atoms with Crippen molar-refractivity contribution in [2.24, 2.45) is 0 Å². The van der Waals surface area contributed by atoms with Crippen LogP contribution in [0.25, 0.3) is 10.9 Å². The van der Waals surface area contributed by atoms with Crippen molar-refractivity contribution < 1.29 is 9.90 Å². The Bertz CT molecular complexity index is 561. The van der Waals surface area contributed by atoms with E-state index in [4.69, 9.17) is 5.11 Å². The zero-order chi connectivity index (χ0) is 11.7. The molecule has 0 amide bonds. The Morgan fingerprint density at radius 1 is 1.44 bits per heavy atom. The number of aromatic carboxylic acids is 1. The van der Waals surface area contributed by atoms with E-state index in [1.807, 2.05) is 19.1 Å². The lowest BCUT2D eigenvalue weighted by Crippen LogP contribution is -2.02. The predicted octanol–water partition coefficient (Wildman–Crippen LogP) is 2.80. The number of aromatic nitrogens is 1. The zero-order valence-corrected chi connectivity index (χ0v) is 9.32. The van der Waals surface area contributed by atoms with Crippen LogP contribution < -0.4 is 0 Å². The van der Waals surface area contributed by atoms with Gasteiger partial charge in [0.2, 0.25) is 0 Å². The maximum absolute atomic E-state index is 10.9. The molecule has 82 valence electrons. The summed E-state index contributed by atoms with van der Waals surface area (Å²) < 4.78 is 0. The molecule has 1 heterocycles. The van der Waals surface area contributed by atoms with Gasteiger partial charge in [-0.15, -0.1) is 0 Å². The molecular weight excluding hydrogens is 202 g/mol. The fourth-order valence-corrected chi connectivity index (χ4v) is 1.98. The molecule has 16 heavy (non-hydrogen) atoms. The van der Waals surface area contributed by atoms with Gasteiger partial charge in [0.1, 0.15) is 5.69 Å². The summed E-state index contributed by atoms with van der Waals surface area (Å²) in [7, 11) is 0. The highest BCUT2D eigenvalue weighted by atomic mass is 16.4. The molecule has 0 fully saturated rings. The van der Waals surface area contributed by atoms with Crippen molar-refractivity contribution in [1.29, 1.82) is 0 Å². The van der Waals surface area contributed by atoms with Crippen LogP contribution in [0.3, 0.4) is 0 Å². The largest absolute Gasteiger partial charge is 0.477 e. The van der Waals surface area contributed by atoms with Crippen molar-refractivity contribution in [2.45, 2.75) is 20.3 Å². The summed E-state index contributed by atoms with van der Waals surface area (Å²) in [6.45, 7) is 4.01. The van der Waals surface area contributed by atoms with Crippen LogP contribution >= 0.6 is 0 Å². The summed E-state index contributed by atoms with van der Waals surface area (Å²) in [5.74, 6) is -0.980. The standard InChI is InChI=1S/C13H13NO2/c1-3-9-5-4-6-10-12(9)8(2)7-11(14-10)13(15)16/h4-7H,3H2,1-2H3,(H,15,16). The summed E-state index contributed by atoms with van der Waals surface area (Å²) in [6, 6.07) is 7.45. The normalized spacial score (nSPS) is 10.6. The van der Waals surface area contributed by atoms with Crippen LogP contribution in [0.4, 0.5) is 0 Å². The lowest BCUT2D eigenvalue weighted by atomic mass is 10.0. The average Bonchev–Trinajstić information content (AvgIpc) is 2.27. The molecule has 0 unspecified atom stereocenters. The van der Waals surface area contributed by atoms with E-state index in [2.05, 4.69) is 18.0 Å². The van der Waals surface area contributed by atoms with E-state index in [0.29, 0.717) is 0 Å². The number of carboxylic acid groups (broad SMARTS) is 1. The van der Waals surface area contributed by atoms with E-state index in [9.17, 15) is 4.79 Å². The van der Waals surface area contributed by atoms with Crippen LogP contribution in [0.5, 0.6) is 0 Å². The number of hydrogen-bond acceptors (Lipinski definition) is 2. The summed E-state index contributed by atoms with van der Waals surface area (Å²) in [4.78, 5) is 15.0. The Labute approximate surface area is 93.7 Å². The van der Waals surface area contributed by atoms with E-state index >= 15 is 0 Å². The molecule has 0 bridgehead atoms. The summed E-state index contributed by atoms with van der Waals surface area (Å²) in [5, 5.41) is 10.0. The quantitative estimate of drug-likeness (QED) is 0.838. The number of nitrogens with zero attached hydrogens (tertiary/aromatic N) is 1. The molecule has 3 nitrogen and oxygen atoms in total. The highest BCUT2D eigenvalue weighted by Crippen LogP contribution is 2.22. The molecule has 2 aromatic rings. The van der Waals surface area contributed by atoms with Gasteiger partial charge in [0, 0.05) is 5.39 Å². The first-order chi connectivity index (χ1) is 7.63. The number of carbonyl (C=O) groups is 1. The van der Waals surface area contributed by atoms with Gasteiger partial charge >= 0.3 is 5.97 Å². The predicted molar refractivity (Wildman–Crippen MR) is 62.8 cm³/mol. The van der Waals surface area contributed by atoms with Crippen molar-refractivity contribution in [3.63, 3.8) is 0 Å². The minimum absolute atomic E-state index is 0.109. The molecule has 0 saturated heterocycles. The van der Waals surface area contributed by atoms with Gasteiger partial charge in [0.15, 0.2) is 0 Å². The molecule has 0 atom stereocenters.